The Bertz CT molecular complexity index is 392. The van der Waals surface area contributed by atoms with Crippen molar-refractivity contribution in [1.82, 2.24) is 0 Å². The molecule has 0 spiro atoms. The van der Waals surface area contributed by atoms with Crippen molar-refractivity contribution in [3.63, 3.8) is 0 Å². The molecule has 94 valence electrons. The molecule has 0 bridgehead atoms. The lowest BCUT2D eigenvalue weighted by atomic mass is 10.2. The second-order valence-corrected chi connectivity index (χ2v) is 3.57. The highest BCUT2D eigenvalue weighted by Gasteiger charge is 2.16. The zero-order chi connectivity index (χ0) is 12.8. The Balaban J connectivity index is 2.78. The summed E-state index contributed by atoms with van der Waals surface area (Å²) < 4.78 is 15.1. The molecule has 0 aliphatic heterocycles. The van der Waals surface area contributed by atoms with Gasteiger partial charge in [0.15, 0.2) is 5.75 Å². The standard InChI is InChI=1S/C12H17NO4/c1-8(15-2)7-17-12(14)9-5-4-6-10(13)11(9)16-3/h4-6,8H,7,13H2,1-3H3. The summed E-state index contributed by atoms with van der Waals surface area (Å²) in [6, 6.07) is 4.94. The predicted molar refractivity (Wildman–Crippen MR) is 64.2 cm³/mol. The van der Waals surface area contributed by atoms with E-state index in [1.165, 1.54) is 7.11 Å². The third kappa shape index (κ3) is 3.35. The number of esters is 1. The monoisotopic (exact) mass is 239 g/mol. The van der Waals surface area contributed by atoms with Crippen molar-refractivity contribution < 1.29 is 19.0 Å². The van der Waals surface area contributed by atoms with Crippen molar-refractivity contribution in [3.05, 3.63) is 23.8 Å². The number of rotatable bonds is 5. The minimum Gasteiger partial charge on any atom is -0.494 e. The maximum atomic E-state index is 11.8. The largest absolute Gasteiger partial charge is 0.494 e. The van der Waals surface area contributed by atoms with E-state index in [1.807, 2.05) is 6.92 Å². The smallest absolute Gasteiger partial charge is 0.342 e. The number of carbonyl (C=O) groups is 1. The number of hydrogen-bond acceptors (Lipinski definition) is 5. The van der Waals surface area contributed by atoms with Crippen LogP contribution in [0, 0.1) is 0 Å². The Labute approximate surface area is 100 Å². The van der Waals surface area contributed by atoms with Crippen molar-refractivity contribution in [3.8, 4) is 5.75 Å². The van der Waals surface area contributed by atoms with Gasteiger partial charge >= 0.3 is 5.97 Å². The number of para-hydroxylation sites is 1. The summed E-state index contributed by atoms with van der Waals surface area (Å²) in [7, 11) is 3.01. The number of methoxy groups -OCH3 is 2. The van der Waals surface area contributed by atoms with Crippen molar-refractivity contribution >= 4 is 11.7 Å². The topological polar surface area (TPSA) is 70.8 Å². The molecule has 0 aliphatic carbocycles. The fraction of sp³-hybridized carbons (Fsp3) is 0.417. The zero-order valence-corrected chi connectivity index (χ0v) is 10.2. The lowest BCUT2D eigenvalue weighted by Crippen LogP contribution is -2.18. The molecule has 0 saturated carbocycles. The van der Waals surface area contributed by atoms with E-state index in [1.54, 1.807) is 25.3 Å². The van der Waals surface area contributed by atoms with E-state index in [4.69, 9.17) is 19.9 Å². The van der Waals surface area contributed by atoms with Crippen LogP contribution in [0.15, 0.2) is 18.2 Å². The van der Waals surface area contributed by atoms with E-state index in [0.29, 0.717) is 17.0 Å². The average Bonchev–Trinajstić information content (AvgIpc) is 2.35. The lowest BCUT2D eigenvalue weighted by Gasteiger charge is -2.12. The molecule has 0 fully saturated rings. The van der Waals surface area contributed by atoms with Gasteiger partial charge in [0, 0.05) is 7.11 Å². The van der Waals surface area contributed by atoms with E-state index in [9.17, 15) is 4.79 Å². The van der Waals surface area contributed by atoms with Gasteiger partial charge in [-0.3, -0.25) is 0 Å². The minimum atomic E-state index is -0.474. The molecule has 0 saturated heterocycles. The van der Waals surface area contributed by atoms with Crippen molar-refractivity contribution in [2.45, 2.75) is 13.0 Å². The van der Waals surface area contributed by atoms with Crippen LogP contribution < -0.4 is 10.5 Å². The summed E-state index contributed by atoms with van der Waals surface area (Å²) in [5, 5.41) is 0. The molecule has 0 aromatic heterocycles. The van der Waals surface area contributed by atoms with Gasteiger partial charge in [0.05, 0.1) is 18.9 Å². The lowest BCUT2D eigenvalue weighted by molar-refractivity contribution is 0.0167. The molecule has 1 aromatic carbocycles. The summed E-state index contributed by atoms with van der Waals surface area (Å²) in [6.07, 6.45) is -0.147. The van der Waals surface area contributed by atoms with Crippen LogP contribution in [-0.2, 0) is 9.47 Å². The molecule has 0 radical (unpaired) electrons. The normalized spacial score (nSPS) is 11.9. The summed E-state index contributed by atoms with van der Waals surface area (Å²) in [5.74, 6) is -0.138. The third-order valence-corrected chi connectivity index (χ3v) is 2.32. The Morgan fingerprint density at radius 2 is 2.12 bits per heavy atom. The molecule has 1 rings (SSSR count). The molecule has 0 heterocycles. The molecule has 0 amide bonds. The number of nitrogens with two attached hydrogens (primary N) is 1. The predicted octanol–water partition coefficient (Wildman–Crippen LogP) is 1.47. The van der Waals surface area contributed by atoms with E-state index < -0.39 is 5.97 Å². The highest BCUT2D eigenvalue weighted by molar-refractivity contribution is 5.94. The molecule has 5 heteroatoms. The van der Waals surface area contributed by atoms with Gasteiger partial charge in [-0.15, -0.1) is 0 Å². The van der Waals surface area contributed by atoms with Crippen LogP contribution >= 0.6 is 0 Å². The third-order valence-electron chi connectivity index (χ3n) is 2.32. The van der Waals surface area contributed by atoms with Gasteiger partial charge in [-0.1, -0.05) is 6.07 Å². The van der Waals surface area contributed by atoms with Gasteiger partial charge in [0.25, 0.3) is 0 Å². The van der Waals surface area contributed by atoms with Gasteiger partial charge in [0.1, 0.15) is 12.2 Å². The maximum Gasteiger partial charge on any atom is 0.342 e. The van der Waals surface area contributed by atoms with Crippen molar-refractivity contribution in [1.29, 1.82) is 0 Å². The Morgan fingerprint density at radius 1 is 1.41 bits per heavy atom. The second kappa shape index (κ2) is 6.10. The molecule has 1 aromatic rings. The zero-order valence-electron chi connectivity index (χ0n) is 10.2. The van der Waals surface area contributed by atoms with Crippen LogP contribution in [0.3, 0.4) is 0 Å². The van der Waals surface area contributed by atoms with E-state index in [0.717, 1.165) is 0 Å². The second-order valence-electron chi connectivity index (χ2n) is 3.57. The molecule has 1 unspecified atom stereocenters. The van der Waals surface area contributed by atoms with Crippen LogP contribution in [0.5, 0.6) is 5.75 Å². The van der Waals surface area contributed by atoms with Crippen molar-refractivity contribution in [2.24, 2.45) is 0 Å². The van der Waals surface area contributed by atoms with Gasteiger partial charge in [-0.05, 0) is 19.1 Å². The average molecular weight is 239 g/mol. The van der Waals surface area contributed by atoms with Crippen molar-refractivity contribution in [2.75, 3.05) is 26.6 Å². The number of ether oxygens (including phenoxy) is 3. The quantitative estimate of drug-likeness (QED) is 0.622. The van der Waals surface area contributed by atoms with Crippen LogP contribution in [0.2, 0.25) is 0 Å². The molecule has 17 heavy (non-hydrogen) atoms. The summed E-state index contributed by atoms with van der Waals surface area (Å²) in [6.45, 7) is 2.00. The Hall–Kier alpha value is -1.75. The summed E-state index contributed by atoms with van der Waals surface area (Å²) in [4.78, 5) is 11.8. The van der Waals surface area contributed by atoms with Gasteiger partial charge in [-0.2, -0.15) is 0 Å². The maximum absolute atomic E-state index is 11.8. The van der Waals surface area contributed by atoms with Crippen LogP contribution in [0.1, 0.15) is 17.3 Å². The SMILES string of the molecule is COc1c(N)cccc1C(=O)OCC(C)OC. The van der Waals surface area contributed by atoms with Gasteiger partial charge in [-0.25, -0.2) is 4.79 Å². The van der Waals surface area contributed by atoms with E-state index in [2.05, 4.69) is 0 Å². The molecule has 1 atom stereocenters. The van der Waals surface area contributed by atoms with Gasteiger partial charge in [0.2, 0.25) is 0 Å². The highest BCUT2D eigenvalue weighted by atomic mass is 16.6. The number of benzene rings is 1. The van der Waals surface area contributed by atoms with E-state index >= 15 is 0 Å². The van der Waals surface area contributed by atoms with Crippen LogP contribution in [0.4, 0.5) is 5.69 Å². The number of nitrogen functional groups attached to an aromatic ring is 1. The summed E-state index contributed by atoms with van der Waals surface area (Å²) in [5.41, 5.74) is 6.41. The Kier molecular flexibility index (Phi) is 4.78. The molecular formula is C12H17NO4. The summed E-state index contributed by atoms with van der Waals surface area (Å²) >= 11 is 0. The van der Waals surface area contributed by atoms with Crippen LogP contribution in [-0.4, -0.2) is 32.9 Å². The number of carbonyl (C=O) groups excluding carboxylic acids is 1. The molecular weight excluding hydrogens is 222 g/mol. The van der Waals surface area contributed by atoms with E-state index in [-0.39, 0.29) is 12.7 Å². The van der Waals surface area contributed by atoms with Crippen LogP contribution in [0.25, 0.3) is 0 Å². The first-order chi connectivity index (χ1) is 8.10. The number of anilines is 1. The molecule has 2 N–H and O–H groups in total. The first-order valence-electron chi connectivity index (χ1n) is 5.22. The number of hydrogen-bond donors (Lipinski definition) is 1. The Morgan fingerprint density at radius 3 is 2.71 bits per heavy atom. The molecule has 5 nitrogen and oxygen atoms in total. The highest BCUT2D eigenvalue weighted by Crippen LogP contribution is 2.26. The first kappa shape index (κ1) is 13.3. The minimum absolute atomic E-state index is 0.147. The fourth-order valence-corrected chi connectivity index (χ4v) is 1.28. The van der Waals surface area contributed by atoms with Gasteiger partial charge < -0.3 is 19.9 Å². The fourth-order valence-electron chi connectivity index (χ4n) is 1.28. The first-order valence-corrected chi connectivity index (χ1v) is 5.22. The molecule has 0 aliphatic rings.